The van der Waals surface area contributed by atoms with Crippen LogP contribution in [-0.2, 0) is 6.42 Å². The van der Waals surface area contributed by atoms with Crippen molar-refractivity contribution in [3.8, 4) is 17.4 Å². The van der Waals surface area contributed by atoms with Crippen molar-refractivity contribution in [2.75, 3.05) is 5.73 Å². The van der Waals surface area contributed by atoms with Crippen molar-refractivity contribution in [1.82, 2.24) is 4.98 Å². The Balaban J connectivity index is 1.93. The number of nitrogen functional groups attached to an aromatic ring is 1. The van der Waals surface area contributed by atoms with Crippen molar-refractivity contribution in [1.29, 1.82) is 0 Å². The van der Waals surface area contributed by atoms with Gasteiger partial charge >= 0.3 is 0 Å². The summed E-state index contributed by atoms with van der Waals surface area (Å²) in [5.74, 6) is 1.97. The normalized spacial score (nSPS) is 15.6. The van der Waals surface area contributed by atoms with E-state index in [2.05, 4.69) is 24.9 Å². The zero-order chi connectivity index (χ0) is 14.3. The molecule has 0 aliphatic carbocycles. The number of aryl methyl sites for hydroxylation is 1. The van der Waals surface area contributed by atoms with Gasteiger partial charge in [0.25, 0.3) is 0 Å². The highest BCUT2D eigenvalue weighted by molar-refractivity contribution is 5.53. The lowest BCUT2D eigenvalue weighted by atomic mass is 10.0. The molecule has 0 amide bonds. The van der Waals surface area contributed by atoms with E-state index in [9.17, 15) is 0 Å². The van der Waals surface area contributed by atoms with Crippen LogP contribution in [0.5, 0.6) is 17.4 Å². The molecule has 0 saturated heterocycles. The van der Waals surface area contributed by atoms with Crippen LogP contribution in [0.15, 0.2) is 30.5 Å². The molecule has 1 aliphatic heterocycles. The van der Waals surface area contributed by atoms with E-state index in [4.69, 9.17) is 15.2 Å². The van der Waals surface area contributed by atoms with Crippen LogP contribution < -0.4 is 15.2 Å². The Hall–Kier alpha value is -2.23. The zero-order valence-corrected chi connectivity index (χ0v) is 11.9. The van der Waals surface area contributed by atoms with Gasteiger partial charge in [-0.25, -0.2) is 4.98 Å². The van der Waals surface area contributed by atoms with Crippen LogP contribution in [0.3, 0.4) is 0 Å². The van der Waals surface area contributed by atoms with Gasteiger partial charge < -0.3 is 15.2 Å². The van der Waals surface area contributed by atoms with Gasteiger partial charge in [-0.1, -0.05) is 12.1 Å². The third-order valence-electron chi connectivity index (χ3n) is 3.39. The number of benzene rings is 1. The molecule has 0 spiro atoms. The van der Waals surface area contributed by atoms with Crippen molar-refractivity contribution >= 4 is 5.69 Å². The van der Waals surface area contributed by atoms with Crippen molar-refractivity contribution in [2.45, 2.75) is 32.8 Å². The monoisotopic (exact) mass is 270 g/mol. The van der Waals surface area contributed by atoms with Crippen LogP contribution in [0.1, 0.15) is 25.0 Å². The summed E-state index contributed by atoms with van der Waals surface area (Å²) >= 11 is 0. The van der Waals surface area contributed by atoms with Crippen LogP contribution in [0, 0.1) is 6.92 Å². The highest BCUT2D eigenvalue weighted by atomic mass is 16.5. The number of hydrogen-bond donors (Lipinski definition) is 1. The summed E-state index contributed by atoms with van der Waals surface area (Å²) in [5, 5.41) is 0. The minimum atomic E-state index is -0.193. The van der Waals surface area contributed by atoms with E-state index in [0.717, 1.165) is 23.3 Å². The second-order valence-electron chi connectivity index (χ2n) is 5.76. The number of rotatable bonds is 2. The summed E-state index contributed by atoms with van der Waals surface area (Å²) in [6, 6.07) is 7.65. The Bertz CT molecular complexity index is 666. The largest absolute Gasteiger partial charge is 0.483 e. The Kier molecular flexibility index (Phi) is 2.82. The molecule has 0 saturated carbocycles. The van der Waals surface area contributed by atoms with Gasteiger partial charge in [-0.2, -0.15) is 0 Å². The third kappa shape index (κ3) is 2.29. The third-order valence-corrected chi connectivity index (χ3v) is 3.39. The van der Waals surface area contributed by atoms with Crippen molar-refractivity contribution in [2.24, 2.45) is 0 Å². The lowest BCUT2D eigenvalue weighted by Gasteiger charge is -2.18. The zero-order valence-electron chi connectivity index (χ0n) is 11.9. The highest BCUT2D eigenvalue weighted by Gasteiger charge is 2.32. The maximum absolute atomic E-state index is 5.97. The molecule has 3 rings (SSSR count). The number of pyridine rings is 1. The van der Waals surface area contributed by atoms with Crippen molar-refractivity contribution in [3.05, 3.63) is 41.6 Å². The minimum absolute atomic E-state index is 0.193. The second kappa shape index (κ2) is 4.40. The predicted molar refractivity (Wildman–Crippen MR) is 78.3 cm³/mol. The van der Waals surface area contributed by atoms with E-state index in [0.29, 0.717) is 17.3 Å². The Morgan fingerprint density at radius 2 is 2.15 bits per heavy atom. The fraction of sp³-hybridized carbons (Fsp3) is 0.312. The molecule has 1 aromatic carbocycles. The first-order valence-corrected chi connectivity index (χ1v) is 6.65. The number of aromatic nitrogens is 1. The number of hydrogen-bond acceptors (Lipinski definition) is 4. The molecule has 0 unspecified atom stereocenters. The number of nitrogens with zero attached hydrogens (tertiary/aromatic N) is 1. The van der Waals surface area contributed by atoms with E-state index < -0.39 is 0 Å². The van der Waals surface area contributed by atoms with E-state index in [1.807, 2.05) is 19.1 Å². The van der Waals surface area contributed by atoms with Crippen LogP contribution in [0.4, 0.5) is 5.69 Å². The van der Waals surface area contributed by atoms with E-state index in [1.165, 1.54) is 0 Å². The van der Waals surface area contributed by atoms with Gasteiger partial charge in [0.15, 0.2) is 11.5 Å². The molecule has 4 heteroatoms. The molecule has 1 aliphatic rings. The lowest BCUT2D eigenvalue weighted by Crippen LogP contribution is -2.24. The maximum Gasteiger partial charge on any atom is 0.221 e. The Morgan fingerprint density at radius 3 is 2.90 bits per heavy atom. The number of ether oxygens (including phenoxy) is 2. The first-order valence-electron chi connectivity index (χ1n) is 6.65. The predicted octanol–water partition coefficient (Wildman–Crippen LogP) is 3.48. The first-order chi connectivity index (χ1) is 9.44. The second-order valence-corrected chi connectivity index (χ2v) is 5.76. The summed E-state index contributed by atoms with van der Waals surface area (Å²) in [4.78, 5) is 4.24. The molecule has 104 valence electrons. The minimum Gasteiger partial charge on any atom is -0.483 e. The number of nitrogens with two attached hydrogens (primary N) is 1. The first kappa shape index (κ1) is 12.8. The summed E-state index contributed by atoms with van der Waals surface area (Å²) in [5.41, 5.74) is 8.45. The Morgan fingerprint density at radius 1 is 1.35 bits per heavy atom. The molecular weight excluding hydrogens is 252 g/mol. The maximum atomic E-state index is 5.97. The fourth-order valence-corrected chi connectivity index (χ4v) is 2.36. The van der Waals surface area contributed by atoms with Crippen LogP contribution >= 0.6 is 0 Å². The van der Waals surface area contributed by atoms with Gasteiger partial charge in [0.2, 0.25) is 5.88 Å². The summed E-state index contributed by atoms with van der Waals surface area (Å²) < 4.78 is 11.8. The molecule has 4 nitrogen and oxygen atoms in total. The van der Waals surface area contributed by atoms with E-state index in [1.54, 1.807) is 12.3 Å². The number of para-hydroxylation sites is 1. The van der Waals surface area contributed by atoms with Gasteiger partial charge in [-0.3, -0.25) is 0 Å². The summed E-state index contributed by atoms with van der Waals surface area (Å²) in [6.07, 6.45) is 2.58. The smallest absolute Gasteiger partial charge is 0.221 e. The number of anilines is 1. The van der Waals surface area contributed by atoms with E-state index >= 15 is 0 Å². The van der Waals surface area contributed by atoms with Crippen LogP contribution in [0.2, 0.25) is 0 Å². The van der Waals surface area contributed by atoms with Crippen molar-refractivity contribution in [3.63, 3.8) is 0 Å². The SMILES string of the molecule is Cc1cnc(Oc2cccc3c2OC(C)(C)C3)cc1N. The van der Waals surface area contributed by atoms with Gasteiger partial charge in [0, 0.05) is 29.9 Å². The molecule has 2 aromatic rings. The molecule has 0 fully saturated rings. The van der Waals surface area contributed by atoms with Gasteiger partial charge in [-0.05, 0) is 32.4 Å². The average Bonchev–Trinajstić information content (AvgIpc) is 2.69. The molecule has 2 heterocycles. The Labute approximate surface area is 118 Å². The van der Waals surface area contributed by atoms with Gasteiger partial charge in [-0.15, -0.1) is 0 Å². The quantitative estimate of drug-likeness (QED) is 0.907. The topological polar surface area (TPSA) is 57.4 Å². The molecular formula is C16H18N2O2. The molecule has 0 bridgehead atoms. The molecule has 0 radical (unpaired) electrons. The molecule has 0 atom stereocenters. The van der Waals surface area contributed by atoms with E-state index in [-0.39, 0.29) is 5.60 Å². The van der Waals surface area contributed by atoms with Crippen molar-refractivity contribution < 1.29 is 9.47 Å². The average molecular weight is 270 g/mol. The molecule has 20 heavy (non-hydrogen) atoms. The van der Waals surface area contributed by atoms with Gasteiger partial charge in [0.1, 0.15) is 5.60 Å². The van der Waals surface area contributed by atoms with Crippen LogP contribution in [0.25, 0.3) is 0 Å². The standard InChI is InChI=1S/C16H18N2O2/c1-10-9-18-14(7-12(10)17)19-13-6-4-5-11-8-16(2,3)20-15(11)13/h4-7,9H,8H2,1-3H3,(H2,17,18). The summed E-state index contributed by atoms with van der Waals surface area (Å²) in [6.45, 7) is 6.05. The summed E-state index contributed by atoms with van der Waals surface area (Å²) in [7, 11) is 0. The fourth-order valence-electron chi connectivity index (χ4n) is 2.36. The van der Waals surface area contributed by atoms with Crippen LogP contribution in [-0.4, -0.2) is 10.6 Å². The molecule has 1 aromatic heterocycles. The lowest BCUT2D eigenvalue weighted by molar-refractivity contribution is 0.135. The number of fused-ring (bicyclic) bond motifs is 1. The molecule has 2 N–H and O–H groups in total. The highest BCUT2D eigenvalue weighted by Crippen LogP contribution is 2.43. The van der Waals surface area contributed by atoms with Gasteiger partial charge in [0.05, 0.1) is 0 Å².